The quantitative estimate of drug-likeness (QED) is 0.485. The Hall–Kier alpha value is -2.80. The van der Waals surface area contributed by atoms with Crippen molar-refractivity contribution in [2.45, 2.75) is 33.2 Å². The predicted octanol–water partition coefficient (Wildman–Crippen LogP) is 4.48. The monoisotopic (exact) mass is 421 g/mol. The van der Waals surface area contributed by atoms with Crippen LogP contribution < -0.4 is 16.0 Å². The number of carbonyl (C=O) groups excluding carboxylic acids is 2. The minimum absolute atomic E-state index is 0.0168. The molecule has 1 amide bonds. The summed E-state index contributed by atoms with van der Waals surface area (Å²) < 4.78 is 18.5. The van der Waals surface area contributed by atoms with E-state index in [1.165, 1.54) is 23.1 Å². The van der Waals surface area contributed by atoms with Gasteiger partial charge < -0.3 is 20.7 Å². The zero-order valence-electron chi connectivity index (χ0n) is 16.7. The summed E-state index contributed by atoms with van der Waals surface area (Å²) in [4.78, 5) is 26.3. The highest BCUT2D eigenvalue weighted by Crippen LogP contribution is 2.26. The van der Waals surface area contributed by atoms with Crippen LogP contribution >= 0.6 is 11.6 Å². The number of amides is 1. The van der Waals surface area contributed by atoms with Crippen molar-refractivity contribution in [1.82, 2.24) is 0 Å². The number of nitrogen functional groups attached to an aromatic ring is 1. The largest absolute Gasteiger partial charge is 0.466 e. The summed E-state index contributed by atoms with van der Waals surface area (Å²) in [7, 11) is 0. The maximum absolute atomic E-state index is 13.6. The van der Waals surface area contributed by atoms with E-state index in [4.69, 9.17) is 22.1 Å². The Morgan fingerprint density at radius 1 is 1.24 bits per heavy atom. The van der Waals surface area contributed by atoms with Crippen LogP contribution in [-0.2, 0) is 9.53 Å². The van der Waals surface area contributed by atoms with E-state index in [1.54, 1.807) is 25.1 Å². The lowest BCUT2D eigenvalue weighted by Crippen LogP contribution is -2.33. The Balaban J connectivity index is 2.33. The van der Waals surface area contributed by atoms with Gasteiger partial charge in [-0.3, -0.25) is 9.59 Å². The highest BCUT2D eigenvalue weighted by Gasteiger charge is 2.21. The van der Waals surface area contributed by atoms with Crippen LogP contribution in [0.4, 0.5) is 21.5 Å². The van der Waals surface area contributed by atoms with Gasteiger partial charge in [-0.1, -0.05) is 11.6 Å². The van der Waals surface area contributed by atoms with E-state index in [1.807, 2.05) is 13.8 Å². The number of hydrogen-bond donors (Lipinski definition) is 2. The molecule has 2 aromatic carbocycles. The number of nitrogens with zero attached hydrogens (tertiary/aromatic N) is 1. The molecule has 8 heteroatoms. The van der Waals surface area contributed by atoms with Gasteiger partial charge in [0.05, 0.1) is 29.4 Å². The van der Waals surface area contributed by atoms with E-state index in [2.05, 4.69) is 5.32 Å². The number of nitrogens with one attached hydrogen (secondary N) is 1. The average molecular weight is 422 g/mol. The first-order valence-electron chi connectivity index (χ1n) is 9.31. The lowest BCUT2D eigenvalue weighted by Gasteiger charge is -2.23. The molecule has 0 unspecified atom stereocenters. The highest BCUT2D eigenvalue weighted by atomic mass is 35.5. The van der Waals surface area contributed by atoms with Crippen molar-refractivity contribution in [2.24, 2.45) is 0 Å². The Morgan fingerprint density at radius 3 is 2.55 bits per heavy atom. The molecule has 0 aliphatic carbocycles. The number of esters is 1. The number of anilines is 3. The second-order valence-corrected chi connectivity index (χ2v) is 7.12. The molecule has 0 saturated carbocycles. The van der Waals surface area contributed by atoms with Crippen molar-refractivity contribution < 1.29 is 18.7 Å². The SMILES string of the molecule is CCOC(=O)CCN(C(=O)c1ccc(NC(C)C)c(N)c1)c1ccc(F)c(Cl)c1. The maximum Gasteiger partial charge on any atom is 0.307 e. The van der Waals surface area contributed by atoms with E-state index in [-0.39, 0.29) is 36.5 Å². The van der Waals surface area contributed by atoms with E-state index in [9.17, 15) is 14.0 Å². The van der Waals surface area contributed by atoms with Crippen LogP contribution in [-0.4, -0.2) is 31.1 Å². The Kier molecular flexibility index (Phi) is 7.84. The number of halogens is 2. The molecule has 0 bridgehead atoms. The van der Waals surface area contributed by atoms with Gasteiger partial charge in [-0.25, -0.2) is 4.39 Å². The molecule has 29 heavy (non-hydrogen) atoms. The molecule has 3 N–H and O–H groups in total. The first-order chi connectivity index (χ1) is 13.7. The zero-order valence-corrected chi connectivity index (χ0v) is 17.4. The van der Waals surface area contributed by atoms with Crippen molar-refractivity contribution >= 4 is 40.5 Å². The van der Waals surface area contributed by atoms with Crippen LogP contribution in [0.25, 0.3) is 0 Å². The molecule has 0 spiro atoms. The summed E-state index contributed by atoms with van der Waals surface area (Å²) >= 11 is 5.88. The van der Waals surface area contributed by atoms with Gasteiger partial charge in [0, 0.05) is 23.8 Å². The van der Waals surface area contributed by atoms with Crippen molar-refractivity contribution in [3.63, 3.8) is 0 Å². The van der Waals surface area contributed by atoms with E-state index in [0.29, 0.717) is 16.9 Å². The number of benzene rings is 2. The number of nitrogens with two attached hydrogens (primary N) is 1. The molecule has 156 valence electrons. The van der Waals surface area contributed by atoms with Gasteiger partial charge in [0.1, 0.15) is 5.82 Å². The van der Waals surface area contributed by atoms with Crippen LogP contribution in [0.15, 0.2) is 36.4 Å². The van der Waals surface area contributed by atoms with Gasteiger partial charge in [0.15, 0.2) is 0 Å². The molecule has 6 nitrogen and oxygen atoms in total. The fourth-order valence-electron chi connectivity index (χ4n) is 2.73. The van der Waals surface area contributed by atoms with Crippen LogP contribution in [0.1, 0.15) is 37.6 Å². The Bertz CT molecular complexity index is 889. The van der Waals surface area contributed by atoms with Gasteiger partial charge in [0.25, 0.3) is 5.91 Å². The summed E-state index contributed by atoms with van der Waals surface area (Å²) in [5, 5.41) is 3.08. The van der Waals surface area contributed by atoms with Crippen LogP contribution in [0.2, 0.25) is 5.02 Å². The van der Waals surface area contributed by atoms with E-state index in [0.717, 1.165) is 5.69 Å². The zero-order chi connectivity index (χ0) is 21.6. The van der Waals surface area contributed by atoms with Crippen LogP contribution in [0.3, 0.4) is 0 Å². The maximum atomic E-state index is 13.6. The summed E-state index contributed by atoms with van der Waals surface area (Å²) in [6.07, 6.45) is -0.0168. The topological polar surface area (TPSA) is 84.7 Å². The lowest BCUT2D eigenvalue weighted by atomic mass is 10.1. The second kappa shape index (κ2) is 10.1. The Morgan fingerprint density at radius 2 is 1.97 bits per heavy atom. The normalized spacial score (nSPS) is 10.7. The minimum Gasteiger partial charge on any atom is -0.466 e. The van der Waals surface area contributed by atoms with Crippen LogP contribution in [0.5, 0.6) is 0 Å². The van der Waals surface area contributed by atoms with Gasteiger partial charge in [-0.15, -0.1) is 0 Å². The molecule has 0 aromatic heterocycles. The molecule has 2 aromatic rings. The Labute approximate surface area is 174 Å². The molecule has 0 saturated heterocycles. The van der Waals surface area contributed by atoms with Crippen molar-refractivity contribution in [3.8, 4) is 0 Å². The number of rotatable bonds is 8. The molecule has 0 radical (unpaired) electrons. The number of hydrogen-bond acceptors (Lipinski definition) is 5. The third-order valence-corrected chi connectivity index (χ3v) is 4.34. The summed E-state index contributed by atoms with van der Waals surface area (Å²) in [6, 6.07) is 9.07. The minimum atomic E-state index is -0.596. The third-order valence-electron chi connectivity index (χ3n) is 4.05. The molecule has 0 aliphatic rings. The number of ether oxygens (including phenoxy) is 1. The first kappa shape index (κ1) is 22.5. The summed E-state index contributed by atoms with van der Waals surface area (Å²) in [5.41, 5.74) is 7.92. The molecular formula is C21H25ClFN3O3. The smallest absolute Gasteiger partial charge is 0.307 e. The lowest BCUT2D eigenvalue weighted by molar-refractivity contribution is -0.142. The molecule has 0 atom stereocenters. The third kappa shape index (κ3) is 6.09. The van der Waals surface area contributed by atoms with E-state index >= 15 is 0 Å². The second-order valence-electron chi connectivity index (χ2n) is 6.71. The van der Waals surface area contributed by atoms with Crippen molar-refractivity contribution in [2.75, 3.05) is 29.1 Å². The van der Waals surface area contributed by atoms with Crippen LogP contribution in [0, 0.1) is 5.82 Å². The van der Waals surface area contributed by atoms with E-state index < -0.39 is 11.8 Å². The van der Waals surface area contributed by atoms with Crippen molar-refractivity contribution in [1.29, 1.82) is 0 Å². The summed E-state index contributed by atoms with van der Waals surface area (Å²) in [5.74, 6) is -1.42. The fraction of sp³-hybridized carbons (Fsp3) is 0.333. The molecule has 0 fully saturated rings. The van der Waals surface area contributed by atoms with Gasteiger partial charge >= 0.3 is 5.97 Å². The summed E-state index contributed by atoms with van der Waals surface area (Å²) in [6.45, 7) is 5.96. The fourth-order valence-corrected chi connectivity index (χ4v) is 2.91. The molecule has 0 aliphatic heterocycles. The standard InChI is InChI=1S/C21H25ClFN3O3/c1-4-29-20(27)9-10-26(15-6-7-17(23)16(22)12-15)21(28)14-5-8-19(18(24)11-14)25-13(2)3/h5-8,11-13,25H,4,9-10,24H2,1-3H3. The van der Waals surface area contributed by atoms with Gasteiger partial charge in [0.2, 0.25) is 0 Å². The molecule has 2 rings (SSSR count). The predicted molar refractivity (Wildman–Crippen MR) is 114 cm³/mol. The van der Waals surface area contributed by atoms with Crippen molar-refractivity contribution in [3.05, 3.63) is 52.8 Å². The molecule has 0 heterocycles. The van der Waals surface area contributed by atoms with Gasteiger partial charge in [-0.05, 0) is 57.2 Å². The van der Waals surface area contributed by atoms with Gasteiger partial charge in [-0.2, -0.15) is 0 Å². The highest BCUT2D eigenvalue weighted by molar-refractivity contribution is 6.31. The number of carbonyl (C=O) groups is 2. The molecular weight excluding hydrogens is 397 g/mol. The first-order valence-corrected chi connectivity index (χ1v) is 9.69. The average Bonchev–Trinajstić information content (AvgIpc) is 2.66.